The Morgan fingerprint density at radius 3 is 2.67 bits per heavy atom. The number of rotatable bonds is 3. The summed E-state index contributed by atoms with van der Waals surface area (Å²) < 4.78 is 12.6. The Labute approximate surface area is 95.3 Å². The lowest BCUT2D eigenvalue weighted by Crippen LogP contribution is -1.84. The average Bonchev–Trinajstić information content (AvgIpc) is 2.64. The smallest absolute Gasteiger partial charge is 0.180 e. The third-order valence-corrected chi connectivity index (χ3v) is 3.54. The first kappa shape index (κ1) is 10.4. The van der Waals surface area contributed by atoms with E-state index in [1.807, 2.05) is 5.38 Å². The Balaban J connectivity index is 1.96. The third kappa shape index (κ3) is 2.94. The molecule has 2 rings (SSSR count). The van der Waals surface area contributed by atoms with Gasteiger partial charge in [0.2, 0.25) is 0 Å². The molecule has 0 amide bonds. The summed E-state index contributed by atoms with van der Waals surface area (Å²) in [6.45, 7) is 0. The van der Waals surface area contributed by atoms with Crippen molar-refractivity contribution < 1.29 is 4.39 Å². The van der Waals surface area contributed by atoms with Crippen molar-refractivity contribution in [3.05, 3.63) is 41.2 Å². The van der Waals surface area contributed by atoms with Gasteiger partial charge in [0.15, 0.2) is 5.13 Å². The molecule has 0 bridgehead atoms. The maximum absolute atomic E-state index is 12.6. The van der Waals surface area contributed by atoms with Gasteiger partial charge in [-0.05, 0) is 24.3 Å². The van der Waals surface area contributed by atoms with Gasteiger partial charge >= 0.3 is 0 Å². The molecule has 1 aromatic carbocycles. The predicted octanol–water partition coefficient (Wildman–Crippen LogP) is 3.16. The number of aromatic nitrogens is 1. The van der Waals surface area contributed by atoms with Crippen LogP contribution in [-0.2, 0) is 5.75 Å². The fourth-order valence-electron chi connectivity index (χ4n) is 1.08. The van der Waals surface area contributed by atoms with Crippen LogP contribution in [0.2, 0.25) is 0 Å². The molecule has 1 aromatic heterocycles. The number of benzene rings is 1. The molecule has 0 aliphatic rings. The van der Waals surface area contributed by atoms with Gasteiger partial charge in [-0.15, -0.1) is 23.1 Å². The SMILES string of the molecule is Nc1nc(CSc2ccc(F)cc2)cs1. The van der Waals surface area contributed by atoms with Crippen molar-refractivity contribution in [1.29, 1.82) is 0 Å². The van der Waals surface area contributed by atoms with Gasteiger partial charge in [0.05, 0.1) is 5.69 Å². The number of nitrogen functional groups attached to an aromatic ring is 1. The largest absolute Gasteiger partial charge is 0.375 e. The zero-order valence-corrected chi connectivity index (χ0v) is 9.45. The normalized spacial score (nSPS) is 10.5. The lowest BCUT2D eigenvalue weighted by atomic mass is 10.4. The number of thioether (sulfide) groups is 1. The average molecular weight is 240 g/mol. The van der Waals surface area contributed by atoms with Crippen molar-refractivity contribution in [3.63, 3.8) is 0 Å². The van der Waals surface area contributed by atoms with Crippen LogP contribution in [0.1, 0.15) is 5.69 Å². The van der Waals surface area contributed by atoms with Crippen LogP contribution >= 0.6 is 23.1 Å². The molecule has 2 nitrogen and oxygen atoms in total. The topological polar surface area (TPSA) is 38.9 Å². The van der Waals surface area contributed by atoms with Crippen LogP contribution in [0.25, 0.3) is 0 Å². The molecule has 0 fully saturated rings. The van der Waals surface area contributed by atoms with Gasteiger partial charge in [0.1, 0.15) is 5.82 Å². The minimum atomic E-state index is -0.211. The van der Waals surface area contributed by atoms with Crippen molar-refractivity contribution in [3.8, 4) is 0 Å². The molecular weight excluding hydrogens is 231 g/mol. The molecular formula is C10H9FN2S2. The summed E-state index contributed by atoms with van der Waals surface area (Å²) in [6.07, 6.45) is 0. The van der Waals surface area contributed by atoms with E-state index in [0.29, 0.717) is 5.13 Å². The molecule has 0 saturated heterocycles. The minimum absolute atomic E-state index is 0.211. The molecule has 0 saturated carbocycles. The van der Waals surface area contributed by atoms with E-state index >= 15 is 0 Å². The van der Waals surface area contributed by atoms with E-state index in [4.69, 9.17) is 5.73 Å². The number of nitrogens with two attached hydrogens (primary N) is 1. The third-order valence-electron chi connectivity index (χ3n) is 1.77. The van der Waals surface area contributed by atoms with E-state index in [0.717, 1.165) is 16.3 Å². The Hall–Kier alpha value is -1.07. The molecule has 0 unspecified atom stereocenters. The van der Waals surface area contributed by atoms with E-state index in [2.05, 4.69) is 4.98 Å². The standard InChI is InChI=1S/C10H9FN2S2/c11-7-1-3-9(4-2-7)14-5-8-6-15-10(12)13-8/h1-4,6H,5H2,(H2,12,13). The Bertz CT molecular complexity index is 439. The van der Waals surface area contributed by atoms with Crippen LogP contribution in [0.5, 0.6) is 0 Å². The Morgan fingerprint density at radius 2 is 2.07 bits per heavy atom. The summed E-state index contributed by atoms with van der Waals surface area (Å²) in [5.74, 6) is 0.552. The van der Waals surface area contributed by atoms with Crippen LogP contribution in [-0.4, -0.2) is 4.98 Å². The summed E-state index contributed by atoms with van der Waals surface area (Å²) >= 11 is 3.05. The van der Waals surface area contributed by atoms with Crippen LogP contribution in [0, 0.1) is 5.82 Å². The van der Waals surface area contributed by atoms with Crippen molar-refractivity contribution in [2.45, 2.75) is 10.6 Å². The molecule has 2 aromatic rings. The van der Waals surface area contributed by atoms with Gasteiger partial charge in [-0.25, -0.2) is 9.37 Å². The number of hydrogen-bond donors (Lipinski definition) is 1. The highest BCUT2D eigenvalue weighted by atomic mass is 32.2. The molecule has 15 heavy (non-hydrogen) atoms. The van der Waals surface area contributed by atoms with E-state index in [1.165, 1.54) is 23.5 Å². The van der Waals surface area contributed by atoms with Crippen molar-refractivity contribution in [2.75, 3.05) is 5.73 Å². The summed E-state index contributed by atoms with van der Waals surface area (Å²) in [5.41, 5.74) is 6.48. The lowest BCUT2D eigenvalue weighted by molar-refractivity contribution is 0.626. The first-order valence-electron chi connectivity index (χ1n) is 4.32. The highest BCUT2D eigenvalue weighted by Gasteiger charge is 2.00. The highest BCUT2D eigenvalue weighted by Crippen LogP contribution is 2.24. The highest BCUT2D eigenvalue weighted by molar-refractivity contribution is 7.98. The monoisotopic (exact) mass is 240 g/mol. The van der Waals surface area contributed by atoms with Gasteiger partial charge in [0.25, 0.3) is 0 Å². The lowest BCUT2D eigenvalue weighted by Gasteiger charge is -1.98. The summed E-state index contributed by atoms with van der Waals surface area (Å²) in [7, 11) is 0. The molecule has 0 aliphatic carbocycles. The number of nitrogens with zero attached hydrogens (tertiary/aromatic N) is 1. The molecule has 5 heteroatoms. The van der Waals surface area contributed by atoms with Crippen molar-refractivity contribution in [2.24, 2.45) is 0 Å². The molecule has 0 atom stereocenters. The van der Waals surface area contributed by atoms with Crippen molar-refractivity contribution in [1.82, 2.24) is 4.98 Å². The van der Waals surface area contributed by atoms with Gasteiger partial charge in [0, 0.05) is 16.0 Å². The quantitative estimate of drug-likeness (QED) is 0.838. The first-order chi connectivity index (χ1) is 7.24. The second-order valence-corrected chi connectivity index (χ2v) is 4.86. The second-order valence-electron chi connectivity index (χ2n) is 2.92. The maximum atomic E-state index is 12.6. The summed E-state index contributed by atoms with van der Waals surface area (Å²) in [6, 6.07) is 6.43. The zero-order valence-electron chi connectivity index (χ0n) is 7.81. The first-order valence-corrected chi connectivity index (χ1v) is 6.19. The molecule has 2 N–H and O–H groups in total. The van der Waals surface area contributed by atoms with Crippen LogP contribution in [0.15, 0.2) is 34.5 Å². The van der Waals surface area contributed by atoms with E-state index in [9.17, 15) is 4.39 Å². The van der Waals surface area contributed by atoms with Gasteiger partial charge in [-0.1, -0.05) is 0 Å². The number of hydrogen-bond acceptors (Lipinski definition) is 4. The molecule has 1 heterocycles. The molecule has 0 spiro atoms. The Morgan fingerprint density at radius 1 is 1.33 bits per heavy atom. The van der Waals surface area contributed by atoms with Crippen LogP contribution in [0.3, 0.4) is 0 Å². The summed E-state index contributed by atoms with van der Waals surface area (Å²) in [5, 5.41) is 2.52. The van der Waals surface area contributed by atoms with Gasteiger partial charge in [-0.3, -0.25) is 0 Å². The summed E-state index contributed by atoms with van der Waals surface area (Å²) in [4.78, 5) is 5.18. The van der Waals surface area contributed by atoms with Crippen LogP contribution in [0.4, 0.5) is 9.52 Å². The number of halogens is 1. The fraction of sp³-hybridized carbons (Fsp3) is 0.100. The van der Waals surface area contributed by atoms with Gasteiger partial charge in [-0.2, -0.15) is 0 Å². The predicted molar refractivity (Wildman–Crippen MR) is 62.5 cm³/mol. The van der Waals surface area contributed by atoms with Crippen LogP contribution < -0.4 is 5.73 Å². The van der Waals surface area contributed by atoms with Gasteiger partial charge < -0.3 is 5.73 Å². The molecule has 0 aliphatic heterocycles. The number of thiazole rings is 1. The molecule has 0 radical (unpaired) electrons. The van der Waals surface area contributed by atoms with E-state index in [-0.39, 0.29) is 5.82 Å². The molecule has 78 valence electrons. The fourth-order valence-corrected chi connectivity index (χ4v) is 2.54. The van der Waals surface area contributed by atoms with E-state index < -0.39 is 0 Å². The minimum Gasteiger partial charge on any atom is -0.375 e. The maximum Gasteiger partial charge on any atom is 0.180 e. The van der Waals surface area contributed by atoms with E-state index in [1.54, 1.807) is 23.9 Å². The Kier molecular flexibility index (Phi) is 3.23. The van der Waals surface area contributed by atoms with Crippen molar-refractivity contribution >= 4 is 28.2 Å². The zero-order chi connectivity index (χ0) is 10.7. The second kappa shape index (κ2) is 4.63. The number of anilines is 1.